The molecule has 3 aromatic rings. The number of H-pyrrole nitrogens is 1. The van der Waals surface area contributed by atoms with E-state index in [0.29, 0.717) is 35.0 Å². The van der Waals surface area contributed by atoms with E-state index >= 15 is 0 Å². The van der Waals surface area contributed by atoms with E-state index in [4.69, 9.17) is 18.9 Å². The van der Waals surface area contributed by atoms with Crippen molar-refractivity contribution in [3.05, 3.63) is 53.2 Å². The Morgan fingerprint density at radius 2 is 1.91 bits per heavy atom. The lowest BCUT2D eigenvalue weighted by Gasteiger charge is -2.31. The highest BCUT2D eigenvalue weighted by Gasteiger charge is 2.20. The first kappa shape index (κ1) is 22.9. The molecular formula is C25H31N3O5. The van der Waals surface area contributed by atoms with Crippen molar-refractivity contribution in [3.63, 3.8) is 0 Å². The Bertz CT molecular complexity index is 1130. The van der Waals surface area contributed by atoms with E-state index in [2.05, 4.69) is 34.3 Å². The smallest absolute Gasteiger partial charge is 0.268 e. The molecule has 1 aliphatic rings. The van der Waals surface area contributed by atoms with Crippen LogP contribution >= 0.6 is 0 Å². The van der Waals surface area contributed by atoms with Crippen molar-refractivity contribution < 1.29 is 23.7 Å². The molecule has 2 N–H and O–H groups in total. The predicted molar refractivity (Wildman–Crippen MR) is 126 cm³/mol. The molecule has 0 radical (unpaired) electrons. The largest absolute Gasteiger partial charge is 0.496 e. The summed E-state index contributed by atoms with van der Waals surface area (Å²) in [5, 5.41) is 3.75. The molecule has 1 saturated heterocycles. The van der Waals surface area contributed by atoms with Crippen LogP contribution in [0, 0.1) is 0 Å². The third-order valence-corrected chi connectivity index (χ3v) is 5.86. The summed E-state index contributed by atoms with van der Waals surface area (Å²) >= 11 is 0. The Morgan fingerprint density at radius 3 is 2.64 bits per heavy atom. The Hall–Kier alpha value is -3.23. The Kier molecular flexibility index (Phi) is 7.05. The van der Waals surface area contributed by atoms with Gasteiger partial charge in [-0.3, -0.25) is 9.69 Å². The number of carbonyl (C=O) groups excluding carboxylic acids is 1. The molecule has 1 unspecified atom stereocenters. The van der Waals surface area contributed by atoms with Crippen LogP contribution in [0.1, 0.15) is 28.5 Å². The van der Waals surface area contributed by atoms with Crippen LogP contribution in [0.3, 0.4) is 0 Å². The van der Waals surface area contributed by atoms with Crippen LogP contribution in [-0.2, 0) is 17.8 Å². The number of aromatic amines is 1. The minimum atomic E-state index is -0.207. The van der Waals surface area contributed by atoms with Gasteiger partial charge in [-0.15, -0.1) is 0 Å². The lowest BCUT2D eigenvalue weighted by molar-refractivity contribution is -0.0212. The van der Waals surface area contributed by atoms with Gasteiger partial charge >= 0.3 is 0 Å². The topological polar surface area (TPSA) is 85.0 Å². The molecule has 176 valence electrons. The number of morpholine rings is 1. The van der Waals surface area contributed by atoms with Crippen molar-refractivity contribution in [1.82, 2.24) is 15.2 Å². The summed E-state index contributed by atoms with van der Waals surface area (Å²) < 4.78 is 22.0. The highest BCUT2D eigenvalue weighted by molar-refractivity contribution is 6.02. The number of fused-ring (bicyclic) bond motifs is 1. The fourth-order valence-corrected chi connectivity index (χ4v) is 4.27. The summed E-state index contributed by atoms with van der Waals surface area (Å²) in [6.07, 6.45) is 0.259. The maximum absolute atomic E-state index is 12.9. The van der Waals surface area contributed by atoms with Crippen LogP contribution in [0.15, 0.2) is 36.4 Å². The van der Waals surface area contributed by atoms with Crippen LogP contribution < -0.4 is 19.5 Å². The molecule has 1 fully saturated rings. The molecule has 0 bridgehead atoms. The van der Waals surface area contributed by atoms with Gasteiger partial charge in [-0.2, -0.15) is 0 Å². The standard InChI is InChI=1S/C25H31N3O5/c1-16-14-28(8-9-33-16)15-18-7-5-6-17(10-18)13-26-25(29)20-11-19-21(30-2)12-22(31-3)24(32-4)23(19)27-20/h5-7,10-12,16,27H,8-9,13-15H2,1-4H3,(H,26,29). The van der Waals surface area contributed by atoms with Gasteiger partial charge in [0.2, 0.25) is 0 Å². The SMILES string of the molecule is COc1cc(OC)c2cc(C(=O)NCc3cccc(CN4CCOC(C)C4)c3)[nH]c2c1OC. The molecule has 1 aliphatic heterocycles. The summed E-state index contributed by atoms with van der Waals surface area (Å²) in [4.78, 5) is 18.5. The van der Waals surface area contributed by atoms with Gasteiger partial charge in [0.25, 0.3) is 5.91 Å². The van der Waals surface area contributed by atoms with E-state index < -0.39 is 0 Å². The maximum atomic E-state index is 12.9. The Morgan fingerprint density at radius 1 is 1.12 bits per heavy atom. The predicted octanol–water partition coefficient (Wildman–Crippen LogP) is 3.34. The number of amides is 1. The summed E-state index contributed by atoms with van der Waals surface area (Å²) in [6.45, 7) is 6.03. The van der Waals surface area contributed by atoms with E-state index in [9.17, 15) is 4.79 Å². The summed E-state index contributed by atoms with van der Waals surface area (Å²) in [6, 6.07) is 11.8. The number of carbonyl (C=O) groups is 1. The zero-order valence-corrected chi connectivity index (χ0v) is 19.6. The highest BCUT2D eigenvalue weighted by Crippen LogP contribution is 2.41. The molecule has 33 heavy (non-hydrogen) atoms. The molecule has 0 spiro atoms. The molecule has 2 aromatic carbocycles. The number of hydrogen-bond donors (Lipinski definition) is 2. The summed E-state index contributed by atoms with van der Waals surface area (Å²) in [7, 11) is 4.71. The number of aromatic nitrogens is 1. The molecule has 4 rings (SSSR count). The lowest BCUT2D eigenvalue weighted by atomic mass is 10.1. The first-order valence-corrected chi connectivity index (χ1v) is 11.0. The summed E-state index contributed by atoms with van der Waals surface area (Å²) in [5.41, 5.74) is 3.35. The van der Waals surface area contributed by atoms with Crippen molar-refractivity contribution in [2.45, 2.75) is 26.1 Å². The zero-order chi connectivity index (χ0) is 23.4. The molecule has 2 heterocycles. The van der Waals surface area contributed by atoms with E-state index in [1.807, 2.05) is 12.1 Å². The van der Waals surface area contributed by atoms with Crippen molar-refractivity contribution >= 4 is 16.8 Å². The van der Waals surface area contributed by atoms with E-state index in [-0.39, 0.29) is 12.0 Å². The second-order valence-corrected chi connectivity index (χ2v) is 8.21. The van der Waals surface area contributed by atoms with Gasteiger partial charge in [-0.1, -0.05) is 24.3 Å². The second-order valence-electron chi connectivity index (χ2n) is 8.21. The normalized spacial score (nSPS) is 16.5. The number of nitrogens with zero attached hydrogens (tertiary/aromatic N) is 1. The highest BCUT2D eigenvalue weighted by atomic mass is 16.5. The first-order chi connectivity index (χ1) is 16.0. The number of rotatable bonds is 8. The average Bonchev–Trinajstić information content (AvgIpc) is 3.27. The monoisotopic (exact) mass is 453 g/mol. The van der Waals surface area contributed by atoms with Gasteiger partial charge < -0.3 is 29.2 Å². The van der Waals surface area contributed by atoms with Crippen molar-refractivity contribution in [1.29, 1.82) is 0 Å². The number of methoxy groups -OCH3 is 3. The van der Waals surface area contributed by atoms with Gasteiger partial charge in [-0.25, -0.2) is 0 Å². The second kappa shape index (κ2) is 10.1. The van der Waals surface area contributed by atoms with E-state index in [1.165, 1.54) is 5.56 Å². The van der Waals surface area contributed by atoms with Crippen LogP contribution in [0.2, 0.25) is 0 Å². The van der Waals surface area contributed by atoms with Gasteiger partial charge in [0.15, 0.2) is 11.5 Å². The zero-order valence-electron chi connectivity index (χ0n) is 19.6. The minimum absolute atomic E-state index is 0.207. The molecule has 0 saturated carbocycles. The first-order valence-electron chi connectivity index (χ1n) is 11.0. The third kappa shape index (κ3) is 5.07. The molecule has 1 amide bonds. The van der Waals surface area contributed by atoms with Crippen LogP contribution in [0.5, 0.6) is 17.2 Å². The maximum Gasteiger partial charge on any atom is 0.268 e. The Labute approximate surface area is 193 Å². The third-order valence-electron chi connectivity index (χ3n) is 5.86. The number of hydrogen-bond acceptors (Lipinski definition) is 6. The van der Waals surface area contributed by atoms with Gasteiger partial charge in [0.05, 0.1) is 39.6 Å². The van der Waals surface area contributed by atoms with E-state index in [1.54, 1.807) is 33.5 Å². The quantitative estimate of drug-likeness (QED) is 0.544. The van der Waals surface area contributed by atoms with Crippen molar-refractivity contribution in [2.75, 3.05) is 41.0 Å². The van der Waals surface area contributed by atoms with Gasteiger partial charge in [0, 0.05) is 37.6 Å². The van der Waals surface area contributed by atoms with Crippen LogP contribution in [-0.4, -0.2) is 62.9 Å². The van der Waals surface area contributed by atoms with Gasteiger partial charge in [-0.05, 0) is 24.1 Å². The summed E-state index contributed by atoms with van der Waals surface area (Å²) in [5.74, 6) is 1.45. The van der Waals surface area contributed by atoms with Crippen molar-refractivity contribution in [3.8, 4) is 17.2 Å². The minimum Gasteiger partial charge on any atom is -0.496 e. The van der Waals surface area contributed by atoms with Crippen LogP contribution in [0.4, 0.5) is 0 Å². The molecule has 0 aliphatic carbocycles. The Balaban J connectivity index is 1.47. The number of benzene rings is 2. The molecule has 1 atom stereocenters. The number of ether oxygens (including phenoxy) is 4. The molecular weight excluding hydrogens is 422 g/mol. The lowest BCUT2D eigenvalue weighted by Crippen LogP contribution is -2.40. The van der Waals surface area contributed by atoms with Crippen molar-refractivity contribution in [2.24, 2.45) is 0 Å². The average molecular weight is 454 g/mol. The molecule has 8 nitrogen and oxygen atoms in total. The van der Waals surface area contributed by atoms with E-state index in [0.717, 1.165) is 37.2 Å². The van der Waals surface area contributed by atoms with Crippen LogP contribution in [0.25, 0.3) is 10.9 Å². The number of nitrogens with one attached hydrogen (secondary N) is 2. The fraction of sp³-hybridized carbons (Fsp3) is 0.400. The van der Waals surface area contributed by atoms with Gasteiger partial charge in [0.1, 0.15) is 11.4 Å². The molecule has 1 aromatic heterocycles. The molecule has 8 heteroatoms. The fourth-order valence-electron chi connectivity index (χ4n) is 4.27.